The Morgan fingerprint density at radius 2 is 2.15 bits per heavy atom. The van der Waals surface area contributed by atoms with E-state index in [0.29, 0.717) is 18.6 Å². The summed E-state index contributed by atoms with van der Waals surface area (Å²) in [5.74, 6) is 0.781. The van der Waals surface area contributed by atoms with Crippen LogP contribution in [0.4, 0.5) is 5.69 Å². The first-order valence-electron chi connectivity index (χ1n) is 7.61. The molecule has 5 heteroatoms. The number of hydrogen-bond donors (Lipinski definition) is 2. The van der Waals surface area contributed by atoms with Crippen LogP contribution in [0.3, 0.4) is 0 Å². The molecule has 0 aliphatic heterocycles. The molecule has 1 aliphatic carbocycles. The van der Waals surface area contributed by atoms with Crippen molar-refractivity contribution < 1.29 is 4.79 Å². The van der Waals surface area contributed by atoms with E-state index in [4.69, 9.17) is 0 Å². The van der Waals surface area contributed by atoms with Crippen LogP contribution in [0.15, 0.2) is 12.4 Å². The van der Waals surface area contributed by atoms with Gasteiger partial charge in [-0.3, -0.25) is 9.48 Å². The van der Waals surface area contributed by atoms with E-state index in [9.17, 15) is 4.79 Å². The highest BCUT2D eigenvalue weighted by atomic mass is 16.2. The first-order chi connectivity index (χ1) is 9.52. The minimum absolute atomic E-state index is 0.0509. The zero-order chi connectivity index (χ0) is 14.5. The average Bonchev–Trinajstić information content (AvgIpc) is 3.07. The molecule has 0 spiro atoms. The molecule has 112 valence electrons. The Labute approximate surface area is 121 Å². The van der Waals surface area contributed by atoms with Crippen molar-refractivity contribution in [3.63, 3.8) is 0 Å². The number of anilines is 1. The molecule has 0 bridgehead atoms. The third-order valence-corrected chi connectivity index (χ3v) is 3.47. The largest absolute Gasteiger partial charge is 0.380 e. The summed E-state index contributed by atoms with van der Waals surface area (Å²) < 4.78 is 1.69. The molecule has 0 saturated heterocycles. The molecule has 1 aromatic rings. The number of amides is 1. The van der Waals surface area contributed by atoms with Crippen molar-refractivity contribution in [3.05, 3.63) is 12.4 Å². The second-order valence-electron chi connectivity index (χ2n) is 6.28. The quantitative estimate of drug-likeness (QED) is 0.767. The summed E-state index contributed by atoms with van der Waals surface area (Å²) >= 11 is 0. The monoisotopic (exact) mass is 278 g/mol. The van der Waals surface area contributed by atoms with Gasteiger partial charge in [-0.2, -0.15) is 5.10 Å². The van der Waals surface area contributed by atoms with Gasteiger partial charge in [-0.15, -0.1) is 0 Å². The lowest BCUT2D eigenvalue weighted by atomic mass is 10.0. The number of hydrogen-bond acceptors (Lipinski definition) is 3. The Bertz CT molecular complexity index is 437. The molecule has 2 rings (SSSR count). The van der Waals surface area contributed by atoms with Gasteiger partial charge in [0.05, 0.1) is 11.9 Å². The van der Waals surface area contributed by atoms with Crippen LogP contribution in [0.5, 0.6) is 0 Å². The van der Waals surface area contributed by atoms with Crippen molar-refractivity contribution in [1.82, 2.24) is 15.1 Å². The van der Waals surface area contributed by atoms with Gasteiger partial charge in [-0.1, -0.05) is 13.8 Å². The van der Waals surface area contributed by atoms with E-state index in [1.165, 1.54) is 6.42 Å². The lowest BCUT2D eigenvalue weighted by Crippen LogP contribution is -2.29. The number of aromatic nitrogens is 2. The van der Waals surface area contributed by atoms with Crippen molar-refractivity contribution in [2.45, 2.75) is 65.1 Å². The third-order valence-electron chi connectivity index (χ3n) is 3.47. The van der Waals surface area contributed by atoms with Crippen LogP contribution in [0.25, 0.3) is 0 Å². The van der Waals surface area contributed by atoms with Crippen molar-refractivity contribution in [1.29, 1.82) is 0 Å². The van der Waals surface area contributed by atoms with E-state index in [-0.39, 0.29) is 5.91 Å². The zero-order valence-electron chi connectivity index (χ0n) is 12.7. The minimum Gasteiger partial charge on any atom is -0.380 e. The summed E-state index contributed by atoms with van der Waals surface area (Å²) in [7, 11) is 0. The van der Waals surface area contributed by atoms with Crippen LogP contribution >= 0.6 is 0 Å². The molecule has 1 amide bonds. The summed E-state index contributed by atoms with van der Waals surface area (Å²) in [6.07, 6.45) is 8.28. The number of rotatable bonds is 8. The molecule has 0 aromatic carbocycles. The molecule has 20 heavy (non-hydrogen) atoms. The van der Waals surface area contributed by atoms with Crippen LogP contribution in [0.2, 0.25) is 0 Å². The van der Waals surface area contributed by atoms with E-state index in [0.717, 1.165) is 30.9 Å². The van der Waals surface area contributed by atoms with Crippen molar-refractivity contribution >= 4 is 11.6 Å². The summed E-state index contributed by atoms with van der Waals surface area (Å²) in [4.78, 5) is 11.7. The molecule has 1 unspecified atom stereocenters. The second kappa shape index (κ2) is 6.77. The summed E-state index contributed by atoms with van der Waals surface area (Å²) in [5, 5.41) is 10.6. The SMILES string of the molecule is CC(C)CCC(C)Nc1cnn(CC(=O)NC2CC2)c1. The average molecular weight is 278 g/mol. The highest BCUT2D eigenvalue weighted by Crippen LogP contribution is 2.18. The highest BCUT2D eigenvalue weighted by Gasteiger charge is 2.23. The topological polar surface area (TPSA) is 59.0 Å². The molecule has 5 nitrogen and oxygen atoms in total. The maximum absolute atomic E-state index is 11.7. The van der Waals surface area contributed by atoms with Crippen LogP contribution < -0.4 is 10.6 Å². The lowest BCUT2D eigenvalue weighted by Gasteiger charge is -2.14. The third kappa shape index (κ3) is 5.23. The van der Waals surface area contributed by atoms with E-state index >= 15 is 0 Å². The summed E-state index contributed by atoms with van der Waals surface area (Å²) in [6.45, 7) is 6.96. The minimum atomic E-state index is 0.0509. The van der Waals surface area contributed by atoms with Gasteiger partial charge in [0.15, 0.2) is 0 Å². The Hall–Kier alpha value is -1.52. The Balaban J connectivity index is 1.74. The molecule has 1 atom stereocenters. The maximum atomic E-state index is 11.7. The molecular formula is C15H26N4O. The first-order valence-corrected chi connectivity index (χ1v) is 7.61. The van der Waals surface area contributed by atoms with Gasteiger partial charge >= 0.3 is 0 Å². The van der Waals surface area contributed by atoms with Gasteiger partial charge in [0, 0.05) is 18.3 Å². The Kier molecular flexibility index (Phi) is 5.04. The molecule has 1 heterocycles. The van der Waals surface area contributed by atoms with Gasteiger partial charge in [0.25, 0.3) is 0 Å². The predicted octanol–water partition coefficient (Wildman–Crippen LogP) is 2.40. The van der Waals surface area contributed by atoms with Gasteiger partial charge in [0.2, 0.25) is 5.91 Å². The van der Waals surface area contributed by atoms with Crippen molar-refractivity contribution in [2.24, 2.45) is 5.92 Å². The number of carbonyl (C=O) groups is 1. The van der Waals surface area contributed by atoms with Gasteiger partial charge < -0.3 is 10.6 Å². The van der Waals surface area contributed by atoms with Crippen LogP contribution in [-0.2, 0) is 11.3 Å². The Morgan fingerprint density at radius 3 is 2.80 bits per heavy atom. The number of nitrogens with one attached hydrogen (secondary N) is 2. The van der Waals surface area contributed by atoms with Crippen LogP contribution in [0, 0.1) is 5.92 Å². The van der Waals surface area contributed by atoms with Gasteiger partial charge in [-0.05, 0) is 38.5 Å². The van der Waals surface area contributed by atoms with Gasteiger partial charge in [0.1, 0.15) is 6.54 Å². The fourth-order valence-electron chi connectivity index (χ4n) is 2.11. The predicted molar refractivity (Wildman–Crippen MR) is 80.5 cm³/mol. The van der Waals surface area contributed by atoms with Crippen molar-refractivity contribution in [3.8, 4) is 0 Å². The maximum Gasteiger partial charge on any atom is 0.241 e. The van der Waals surface area contributed by atoms with Gasteiger partial charge in [-0.25, -0.2) is 0 Å². The molecule has 1 saturated carbocycles. The number of nitrogens with zero attached hydrogens (tertiary/aromatic N) is 2. The van der Waals surface area contributed by atoms with Crippen LogP contribution in [-0.4, -0.2) is 27.8 Å². The first kappa shape index (κ1) is 14.9. The second-order valence-corrected chi connectivity index (χ2v) is 6.28. The van der Waals surface area contributed by atoms with E-state index in [1.54, 1.807) is 10.9 Å². The van der Waals surface area contributed by atoms with Crippen LogP contribution in [0.1, 0.15) is 46.5 Å². The zero-order valence-corrected chi connectivity index (χ0v) is 12.7. The number of carbonyl (C=O) groups excluding carboxylic acids is 1. The fourth-order valence-corrected chi connectivity index (χ4v) is 2.11. The Morgan fingerprint density at radius 1 is 1.40 bits per heavy atom. The molecule has 1 aliphatic rings. The van der Waals surface area contributed by atoms with E-state index in [2.05, 4.69) is 36.5 Å². The smallest absolute Gasteiger partial charge is 0.241 e. The molecule has 2 N–H and O–H groups in total. The standard InChI is InChI=1S/C15H26N4O/c1-11(2)4-5-12(3)17-14-8-16-19(9-14)10-15(20)18-13-6-7-13/h8-9,11-13,17H,4-7,10H2,1-3H3,(H,18,20). The lowest BCUT2D eigenvalue weighted by molar-refractivity contribution is -0.122. The molecule has 1 fully saturated rings. The highest BCUT2D eigenvalue weighted by molar-refractivity contribution is 5.76. The molecule has 0 radical (unpaired) electrons. The molecular weight excluding hydrogens is 252 g/mol. The van der Waals surface area contributed by atoms with E-state index < -0.39 is 0 Å². The summed E-state index contributed by atoms with van der Waals surface area (Å²) in [5.41, 5.74) is 0.987. The van der Waals surface area contributed by atoms with Crippen molar-refractivity contribution in [2.75, 3.05) is 5.32 Å². The normalized spacial score (nSPS) is 16.2. The van der Waals surface area contributed by atoms with E-state index in [1.807, 2.05) is 6.20 Å². The summed E-state index contributed by atoms with van der Waals surface area (Å²) in [6, 6.07) is 0.835. The fraction of sp³-hybridized carbons (Fsp3) is 0.733. The molecule has 1 aromatic heterocycles.